The van der Waals surface area contributed by atoms with Gasteiger partial charge in [-0.25, -0.2) is 13.2 Å². The molecule has 0 spiro atoms. The first-order valence-corrected chi connectivity index (χ1v) is 7.59. The zero-order chi connectivity index (χ0) is 15.3. The number of rotatable bonds is 6. The number of sulfone groups is 1. The first-order chi connectivity index (χ1) is 8.49. The Morgan fingerprint density at radius 1 is 1.37 bits per heavy atom. The monoisotopic (exact) mass is 286 g/mol. The van der Waals surface area contributed by atoms with E-state index >= 15 is 0 Å². The average Bonchev–Trinajstić information content (AvgIpc) is 2.23. The smallest absolute Gasteiger partial charge is 0.333 e. The van der Waals surface area contributed by atoms with Crippen LogP contribution in [0.1, 0.15) is 27.7 Å². The molecule has 0 bridgehead atoms. The number of esters is 1. The van der Waals surface area contributed by atoms with Crippen molar-refractivity contribution in [3.8, 4) is 0 Å². The molecular weight excluding hydrogens is 264 g/mol. The van der Waals surface area contributed by atoms with Gasteiger partial charge >= 0.3 is 5.97 Å². The number of hydrogen-bond acceptors (Lipinski definition) is 4. The van der Waals surface area contributed by atoms with Gasteiger partial charge in [0.25, 0.3) is 0 Å². The zero-order valence-corrected chi connectivity index (χ0v) is 12.8. The summed E-state index contributed by atoms with van der Waals surface area (Å²) in [6.45, 7) is 13.9. The van der Waals surface area contributed by atoms with Gasteiger partial charge in [-0.15, -0.1) is 0 Å². The van der Waals surface area contributed by atoms with Crippen molar-refractivity contribution in [2.45, 2.75) is 33.8 Å². The fourth-order valence-electron chi connectivity index (χ4n) is 1.13. The third-order valence-electron chi connectivity index (χ3n) is 2.37. The van der Waals surface area contributed by atoms with E-state index < -0.39 is 27.3 Å². The molecule has 0 fully saturated rings. The molecular formula is C14H22O4S. The van der Waals surface area contributed by atoms with E-state index in [2.05, 4.69) is 13.2 Å². The van der Waals surface area contributed by atoms with Gasteiger partial charge in [-0.2, -0.15) is 0 Å². The van der Waals surface area contributed by atoms with Crippen LogP contribution in [0.4, 0.5) is 0 Å². The lowest BCUT2D eigenvalue weighted by molar-refractivity contribution is -0.148. The highest BCUT2D eigenvalue weighted by Gasteiger charge is 2.32. The van der Waals surface area contributed by atoms with Crippen molar-refractivity contribution >= 4 is 15.8 Å². The minimum Gasteiger partial charge on any atom is -0.457 e. The van der Waals surface area contributed by atoms with Crippen molar-refractivity contribution in [3.63, 3.8) is 0 Å². The lowest BCUT2D eigenvalue weighted by Gasteiger charge is -2.29. The maximum absolute atomic E-state index is 11.8. The topological polar surface area (TPSA) is 60.4 Å². The summed E-state index contributed by atoms with van der Waals surface area (Å²) in [5.74, 6) is -0.845. The molecule has 0 aromatic rings. The summed E-state index contributed by atoms with van der Waals surface area (Å²) in [6, 6.07) is 0. The Hall–Kier alpha value is -1.36. The molecule has 0 aliphatic rings. The molecule has 19 heavy (non-hydrogen) atoms. The SMILES string of the molecule is C=C/C=C/S(=O)(=O)C[C@H](OC(=O)C(=C)C)C(C)(C)C. The predicted octanol–water partition coefficient (Wildman–Crippen LogP) is 2.63. The van der Waals surface area contributed by atoms with E-state index in [0.717, 1.165) is 5.41 Å². The molecule has 0 N–H and O–H groups in total. The van der Waals surface area contributed by atoms with Crippen LogP contribution in [0.25, 0.3) is 0 Å². The van der Waals surface area contributed by atoms with Crippen molar-refractivity contribution in [3.05, 3.63) is 36.3 Å². The second kappa shape index (κ2) is 6.70. The molecule has 0 heterocycles. The molecule has 0 saturated heterocycles. The summed E-state index contributed by atoms with van der Waals surface area (Å²) in [5, 5.41) is 1.06. The molecule has 0 aromatic heterocycles. The molecule has 4 nitrogen and oxygen atoms in total. The lowest BCUT2D eigenvalue weighted by atomic mass is 9.90. The van der Waals surface area contributed by atoms with E-state index in [1.165, 1.54) is 19.1 Å². The Labute approximate surface area is 115 Å². The third-order valence-corrected chi connectivity index (χ3v) is 3.71. The Kier molecular flexibility index (Phi) is 6.22. The summed E-state index contributed by atoms with van der Waals surface area (Å²) in [6.07, 6.45) is 1.98. The molecule has 0 radical (unpaired) electrons. The summed E-state index contributed by atoms with van der Waals surface area (Å²) in [4.78, 5) is 11.5. The molecule has 0 rings (SSSR count). The van der Waals surface area contributed by atoms with Gasteiger partial charge in [-0.05, 0) is 6.92 Å². The van der Waals surface area contributed by atoms with Gasteiger partial charge in [0.1, 0.15) is 6.10 Å². The maximum Gasteiger partial charge on any atom is 0.333 e. The van der Waals surface area contributed by atoms with E-state index in [1.807, 2.05) is 20.8 Å². The van der Waals surface area contributed by atoms with Crippen LogP contribution in [0, 0.1) is 5.41 Å². The number of carbonyl (C=O) groups is 1. The van der Waals surface area contributed by atoms with E-state index in [1.54, 1.807) is 0 Å². The van der Waals surface area contributed by atoms with Gasteiger partial charge in [0, 0.05) is 16.4 Å². The number of carbonyl (C=O) groups excluding carboxylic acids is 1. The van der Waals surface area contributed by atoms with Crippen LogP contribution in [0.15, 0.2) is 36.3 Å². The van der Waals surface area contributed by atoms with Crippen molar-refractivity contribution in [1.82, 2.24) is 0 Å². The van der Waals surface area contributed by atoms with Gasteiger partial charge in [-0.1, -0.05) is 46.1 Å². The Bertz CT molecular complexity index is 478. The zero-order valence-electron chi connectivity index (χ0n) is 12.0. The van der Waals surface area contributed by atoms with E-state index in [-0.39, 0.29) is 11.3 Å². The van der Waals surface area contributed by atoms with Gasteiger partial charge in [0.05, 0.1) is 5.75 Å². The van der Waals surface area contributed by atoms with Crippen LogP contribution in [0.3, 0.4) is 0 Å². The Morgan fingerprint density at radius 2 is 1.89 bits per heavy atom. The third kappa shape index (κ3) is 6.96. The first-order valence-electron chi connectivity index (χ1n) is 5.88. The summed E-state index contributed by atoms with van der Waals surface area (Å²) < 4.78 is 28.9. The Morgan fingerprint density at radius 3 is 2.26 bits per heavy atom. The molecule has 0 aliphatic carbocycles. The highest BCUT2D eigenvalue weighted by molar-refractivity contribution is 7.94. The van der Waals surface area contributed by atoms with Gasteiger partial charge in [-0.3, -0.25) is 0 Å². The van der Waals surface area contributed by atoms with Gasteiger partial charge < -0.3 is 4.74 Å². The van der Waals surface area contributed by atoms with Gasteiger partial charge in [0.15, 0.2) is 9.84 Å². The highest BCUT2D eigenvalue weighted by atomic mass is 32.2. The molecule has 0 aliphatic heterocycles. The molecule has 0 unspecified atom stereocenters. The van der Waals surface area contributed by atoms with Crippen LogP contribution in [0.5, 0.6) is 0 Å². The van der Waals surface area contributed by atoms with E-state index in [0.29, 0.717) is 0 Å². The van der Waals surface area contributed by atoms with Crippen molar-refractivity contribution in [2.24, 2.45) is 5.41 Å². The number of hydrogen-bond donors (Lipinski definition) is 0. The molecule has 0 amide bonds. The second-order valence-corrected chi connectivity index (χ2v) is 7.37. The largest absolute Gasteiger partial charge is 0.457 e. The van der Waals surface area contributed by atoms with Crippen LogP contribution in [-0.2, 0) is 19.4 Å². The minimum atomic E-state index is -3.46. The number of ether oxygens (including phenoxy) is 1. The minimum absolute atomic E-state index is 0.244. The van der Waals surface area contributed by atoms with Gasteiger partial charge in [0.2, 0.25) is 0 Å². The summed E-state index contributed by atoms with van der Waals surface area (Å²) in [7, 11) is -3.46. The van der Waals surface area contributed by atoms with Crippen LogP contribution in [-0.4, -0.2) is 26.2 Å². The van der Waals surface area contributed by atoms with Crippen molar-refractivity contribution in [1.29, 1.82) is 0 Å². The molecule has 0 saturated carbocycles. The fraction of sp³-hybridized carbons (Fsp3) is 0.500. The van der Waals surface area contributed by atoms with Crippen LogP contribution in [0.2, 0.25) is 0 Å². The summed E-state index contributed by atoms with van der Waals surface area (Å²) in [5.41, 5.74) is -0.242. The second-order valence-electron chi connectivity index (χ2n) is 5.43. The average molecular weight is 286 g/mol. The number of allylic oxidation sites excluding steroid dienone is 2. The van der Waals surface area contributed by atoms with Crippen molar-refractivity contribution in [2.75, 3.05) is 5.75 Å². The van der Waals surface area contributed by atoms with Crippen LogP contribution < -0.4 is 0 Å². The normalized spacial score (nSPS) is 14.1. The molecule has 0 aromatic carbocycles. The van der Waals surface area contributed by atoms with E-state index in [9.17, 15) is 13.2 Å². The molecule has 5 heteroatoms. The standard InChI is InChI=1S/C14H22O4S/c1-7-8-9-19(16,17)10-12(14(4,5)6)18-13(15)11(2)3/h7-9,12H,1-2,10H2,3-6H3/b9-8+/t12-/m0/s1. The van der Waals surface area contributed by atoms with Crippen LogP contribution >= 0.6 is 0 Å². The first kappa shape index (κ1) is 17.6. The van der Waals surface area contributed by atoms with Crippen molar-refractivity contribution < 1.29 is 17.9 Å². The lowest BCUT2D eigenvalue weighted by Crippen LogP contribution is -2.37. The maximum atomic E-state index is 11.8. The Balaban J connectivity index is 5.10. The fourth-order valence-corrected chi connectivity index (χ4v) is 2.58. The molecule has 108 valence electrons. The quantitative estimate of drug-likeness (QED) is 0.428. The highest BCUT2D eigenvalue weighted by Crippen LogP contribution is 2.25. The van der Waals surface area contributed by atoms with E-state index in [4.69, 9.17) is 4.74 Å². The predicted molar refractivity (Wildman–Crippen MR) is 77.3 cm³/mol. The molecule has 1 atom stereocenters. The summed E-state index contributed by atoms with van der Waals surface area (Å²) >= 11 is 0.